The van der Waals surface area contributed by atoms with E-state index in [2.05, 4.69) is 4.90 Å². The minimum Gasteiger partial charge on any atom is -0.294 e. The first-order valence-corrected chi connectivity index (χ1v) is 7.17. The van der Waals surface area contributed by atoms with Gasteiger partial charge in [0.25, 0.3) is 0 Å². The van der Waals surface area contributed by atoms with Crippen molar-refractivity contribution in [2.75, 3.05) is 13.1 Å². The topological polar surface area (TPSA) is 37.1 Å². The van der Waals surface area contributed by atoms with Crippen molar-refractivity contribution in [3.63, 3.8) is 0 Å². The van der Waals surface area contributed by atoms with Crippen LogP contribution in [0.5, 0.6) is 0 Å². The van der Waals surface area contributed by atoms with Crippen LogP contribution in [0.15, 0.2) is 60.7 Å². The van der Waals surface area contributed by atoms with Crippen molar-refractivity contribution in [1.82, 2.24) is 4.90 Å². The predicted molar refractivity (Wildman–Crippen MR) is 81.5 cm³/mol. The summed E-state index contributed by atoms with van der Waals surface area (Å²) in [6, 6.07) is 18.1. The van der Waals surface area contributed by atoms with Gasteiger partial charge in [0, 0.05) is 30.6 Å². The van der Waals surface area contributed by atoms with E-state index < -0.39 is 0 Å². The molecule has 0 N–H and O–H groups in total. The highest BCUT2D eigenvalue weighted by molar-refractivity contribution is 6.05. The van der Waals surface area contributed by atoms with E-state index in [-0.39, 0.29) is 24.0 Å². The number of hydrogen-bond acceptors (Lipinski definition) is 3. The Labute approximate surface area is 124 Å². The summed E-state index contributed by atoms with van der Waals surface area (Å²) in [5, 5.41) is 0. The van der Waals surface area contributed by atoms with E-state index in [1.54, 1.807) is 12.1 Å². The van der Waals surface area contributed by atoms with Crippen LogP contribution >= 0.6 is 0 Å². The van der Waals surface area contributed by atoms with Crippen molar-refractivity contribution >= 4 is 11.6 Å². The van der Waals surface area contributed by atoms with Gasteiger partial charge in [-0.25, -0.2) is 0 Å². The zero-order valence-electron chi connectivity index (χ0n) is 11.7. The first kappa shape index (κ1) is 13.7. The highest BCUT2D eigenvalue weighted by Crippen LogP contribution is 2.20. The van der Waals surface area contributed by atoms with Gasteiger partial charge < -0.3 is 0 Å². The highest BCUT2D eigenvalue weighted by atomic mass is 16.1. The number of benzene rings is 2. The van der Waals surface area contributed by atoms with Crippen molar-refractivity contribution in [1.29, 1.82) is 0 Å². The Hall–Kier alpha value is -2.26. The van der Waals surface area contributed by atoms with E-state index in [0.29, 0.717) is 11.1 Å². The third-order valence-electron chi connectivity index (χ3n) is 3.76. The molecule has 3 rings (SSSR count). The van der Waals surface area contributed by atoms with Crippen LogP contribution in [0.25, 0.3) is 0 Å². The molecule has 106 valence electrons. The minimum atomic E-state index is -0.333. The summed E-state index contributed by atoms with van der Waals surface area (Å²) in [5.41, 5.74) is 1.35. The van der Waals surface area contributed by atoms with Gasteiger partial charge in [0.05, 0.1) is 6.04 Å². The third-order valence-corrected chi connectivity index (χ3v) is 3.76. The fourth-order valence-electron chi connectivity index (χ4n) is 2.47. The normalized spacial score (nSPS) is 15.4. The van der Waals surface area contributed by atoms with Crippen molar-refractivity contribution in [2.45, 2.75) is 12.5 Å². The first-order chi connectivity index (χ1) is 10.3. The Bertz CT molecular complexity index is 633. The van der Waals surface area contributed by atoms with Crippen molar-refractivity contribution in [3.05, 3.63) is 71.8 Å². The summed E-state index contributed by atoms with van der Waals surface area (Å²) < 4.78 is 0. The molecule has 2 aromatic rings. The van der Waals surface area contributed by atoms with E-state index in [1.165, 1.54) is 0 Å². The molecule has 0 bridgehead atoms. The SMILES string of the molecule is O=C(C[C@@H](C(=O)c1ccccc1)N1CC1)c1ccccc1. The molecule has 0 amide bonds. The maximum Gasteiger partial charge on any atom is 0.180 e. The second-order valence-electron chi connectivity index (χ2n) is 5.28. The fraction of sp³-hybridized carbons (Fsp3) is 0.222. The largest absolute Gasteiger partial charge is 0.294 e. The first-order valence-electron chi connectivity index (χ1n) is 7.17. The second-order valence-corrected chi connectivity index (χ2v) is 5.28. The van der Waals surface area contributed by atoms with Crippen LogP contribution in [-0.4, -0.2) is 35.6 Å². The Morgan fingerprint density at radius 1 is 0.857 bits per heavy atom. The summed E-state index contributed by atoms with van der Waals surface area (Å²) in [7, 11) is 0. The van der Waals surface area contributed by atoms with Gasteiger partial charge in [0.1, 0.15) is 0 Å². The summed E-state index contributed by atoms with van der Waals surface area (Å²) in [6.45, 7) is 1.79. The minimum absolute atomic E-state index is 0.0248. The number of hydrogen-bond donors (Lipinski definition) is 0. The van der Waals surface area contributed by atoms with E-state index in [1.807, 2.05) is 48.5 Å². The van der Waals surface area contributed by atoms with Gasteiger partial charge in [0.2, 0.25) is 0 Å². The lowest BCUT2D eigenvalue weighted by Gasteiger charge is -2.16. The van der Waals surface area contributed by atoms with E-state index in [0.717, 1.165) is 13.1 Å². The number of rotatable bonds is 6. The predicted octanol–water partition coefficient (Wildman–Crippen LogP) is 2.83. The van der Waals surface area contributed by atoms with Crippen LogP contribution in [0.1, 0.15) is 27.1 Å². The standard InChI is InChI=1S/C18H17NO2/c20-17(14-7-3-1-4-8-14)13-16(19-11-12-19)18(21)15-9-5-2-6-10-15/h1-10,16H,11-13H2/t16-/m0/s1. The quantitative estimate of drug-likeness (QED) is 0.602. The molecule has 0 unspecified atom stereocenters. The second kappa shape index (κ2) is 6.02. The fourth-order valence-corrected chi connectivity index (χ4v) is 2.47. The molecule has 0 aliphatic carbocycles. The van der Waals surface area contributed by atoms with Crippen molar-refractivity contribution < 1.29 is 9.59 Å². The smallest absolute Gasteiger partial charge is 0.180 e. The lowest BCUT2D eigenvalue weighted by molar-refractivity contribution is 0.0843. The lowest BCUT2D eigenvalue weighted by atomic mass is 9.97. The highest BCUT2D eigenvalue weighted by Gasteiger charge is 2.35. The third kappa shape index (κ3) is 3.26. The number of carbonyl (C=O) groups excluding carboxylic acids is 2. The van der Waals surface area contributed by atoms with Gasteiger partial charge >= 0.3 is 0 Å². The van der Waals surface area contributed by atoms with Crippen LogP contribution in [0, 0.1) is 0 Å². The van der Waals surface area contributed by atoms with Gasteiger partial charge in [-0.05, 0) is 0 Å². The molecule has 0 aromatic heterocycles. The Morgan fingerprint density at radius 2 is 1.38 bits per heavy atom. The molecule has 1 atom stereocenters. The zero-order valence-corrected chi connectivity index (χ0v) is 11.7. The molecule has 2 aromatic carbocycles. The maximum atomic E-state index is 12.6. The van der Waals surface area contributed by atoms with E-state index in [9.17, 15) is 9.59 Å². The maximum absolute atomic E-state index is 12.6. The molecule has 1 saturated heterocycles. The lowest BCUT2D eigenvalue weighted by Crippen LogP contribution is -2.31. The zero-order chi connectivity index (χ0) is 14.7. The van der Waals surface area contributed by atoms with Crippen LogP contribution in [0.2, 0.25) is 0 Å². The molecule has 0 spiro atoms. The summed E-state index contributed by atoms with van der Waals surface area (Å²) >= 11 is 0. The molecule has 0 radical (unpaired) electrons. The van der Waals surface area contributed by atoms with Crippen LogP contribution in [0.3, 0.4) is 0 Å². The van der Waals surface area contributed by atoms with Crippen molar-refractivity contribution in [2.24, 2.45) is 0 Å². The van der Waals surface area contributed by atoms with Gasteiger partial charge in [-0.1, -0.05) is 60.7 Å². The molecule has 1 heterocycles. The summed E-state index contributed by atoms with van der Waals surface area (Å²) in [6.07, 6.45) is 0.248. The molecule has 1 fully saturated rings. The number of nitrogens with zero attached hydrogens (tertiary/aromatic N) is 1. The van der Waals surface area contributed by atoms with Crippen molar-refractivity contribution in [3.8, 4) is 0 Å². The number of ketones is 2. The van der Waals surface area contributed by atoms with E-state index in [4.69, 9.17) is 0 Å². The molecule has 3 heteroatoms. The Balaban J connectivity index is 1.77. The molecule has 1 aliphatic heterocycles. The molecular weight excluding hydrogens is 262 g/mol. The van der Waals surface area contributed by atoms with Gasteiger partial charge in [-0.2, -0.15) is 0 Å². The molecular formula is C18H17NO2. The van der Waals surface area contributed by atoms with Crippen LogP contribution in [0.4, 0.5) is 0 Å². The van der Waals surface area contributed by atoms with Gasteiger partial charge in [0.15, 0.2) is 11.6 Å². The summed E-state index contributed by atoms with van der Waals surface area (Å²) in [4.78, 5) is 27.0. The average molecular weight is 279 g/mol. The van der Waals surface area contributed by atoms with Crippen LogP contribution < -0.4 is 0 Å². The average Bonchev–Trinajstić information content (AvgIpc) is 3.38. The Kier molecular flexibility index (Phi) is 3.93. The van der Waals surface area contributed by atoms with E-state index >= 15 is 0 Å². The molecule has 1 aliphatic rings. The van der Waals surface area contributed by atoms with Gasteiger partial charge in [-0.15, -0.1) is 0 Å². The number of Topliss-reactive ketones (excluding diaryl/α,β-unsaturated/α-hetero) is 2. The van der Waals surface area contributed by atoms with Gasteiger partial charge in [-0.3, -0.25) is 14.5 Å². The summed E-state index contributed by atoms with van der Waals surface area (Å²) in [5.74, 6) is 0.0640. The molecule has 21 heavy (non-hydrogen) atoms. The Morgan fingerprint density at radius 3 is 1.90 bits per heavy atom. The number of carbonyl (C=O) groups is 2. The monoisotopic (exact) mass is 279 g/mol. The molecule has 3 nitrogen and oxygen atoms in total. The van der Waals surface area contributed by atoms with Crippen LogP contribution in [-0.2, 0) is 0 Å². The molecule has 0 saturated carbocycles.